The number of methoxy groups -OCH3 is 1. The Labute approximate surface area is 158 Å². The summed E-state index contributed by atoms with van der Waals surface area (Å²) in [6, 6.07) is 16.0. The monoisotopic (exact) mass is 367 g/mol. The van der Waals surface area contributed by atoms with Crippen molar-refractivity contribution in [1.82, 2.24) is 10.6 Å². The van der Waals surface area contributed by atoms with Crippen molar-refractivity contribution in [3.05, 3.63) is 77.2 Å². The average Bonchev–Trinajstić information content (AvgIpc) is 2.69. The second kappa shape index (κ2) is 10.6. The molecule has 0 bridgehead atoms. The summed E-state index contributed by atoms with van der Waals surface area (Å²) in [6.07, 6.45) is 2.47. The van der Waals surface area contributed by atoms with Crippen LogP contribution in [0.2, 0.25) is 0 Å². The number of carbonyl (C=O) groups is 1. The van der Waals surface area contributed by atoms with E-state index < -0.39 is 5.91 Å². The molecule has 5 nitrogen and oxygen atoms in total. The van der Waals surface area contributed by atoms with E-state index in [2.05, 4.69) is 10.6 Å². The zero-order valence-corrected chi connectivity index (χ0v) is 15.2. The third kappa shape index (κ3) is 6.48. The summed E-state index contributed by atoms with van der Waals surface area (Å²) in [6.45, 7) is 0.838. The molecule has 0 aliphatic rings. The van der Waals surface area contributed by atoms with Gasteiger partial charge in [-0.15, -0.1) is 0 Å². The molecule has 0 heterocycles. The Bertz CT molecular complexity index is 826. The van der Waals surface area contributed by atoms with Crippen LogP contribution >= 0.6 is 0 Å². The van der Waals surface area contributed by atoms with E-state index in [0.717, 1.165) is 11.3 Å². The maximum atomic E-state index is 13.5. The van der Waals surface area contributed by atoms with E-state index in [0.29, 0.717) is 31.5 Å². The number of hydrogen-bond donors (Lipinski definition) is 2. The molecule has 0 aliphatic heterocycles. The highest BCUT2D eigenvalue weighted by molar-refractivity contribution is 5.97. The molecule has 1 amide bonds. The van der Waals surface area contributed by atoms with Crippen LogP contribution in [0.4, 0.5) is 4.39 Å². The molecule has 0 aromatic heterocycles. The van der Waals surface area contributed by atoms with Crippen LogP contribution < -0.4 is 15.4 Å². The van der Waals surface area contributed by atoms with Gasteiger partial charge >= 0.3 is 0 Å². The number of halogens is 1. The fourth-order valence-corrected chi connectivity index (χ4v) is 2.44. The van der Waals surface area contributed by atoms with Crippen LogP contribution in [0, 0.1) is 17.1 Å². The zero-order chi connectivity index (χ0) is 19.5. The molecule has 6 heteroatoms. The number of carbonyl (C=O) groups excluding carboxylic acids is 1. The first-order valence-corrected chi connectivity index (χ1v) is 8.62. The number of benzene rings is 2. The van der Waals surface area contributed by atoms with Gasteiger partial charge in [0.1, 0.15) is 23.2 Å². The number of nitriles is 1. The summed E-state index contributed by atoms with van der Waals surface area (Å²) in [4.78, 5) is 12.1. The lowest BCUT2D eigenvalue weighted by molar-refractivity contribution is -0.117. The second-order valence-corrected chi connectivity index (χ2v) is 5.82. The lowest BCUT2D eigenvalue weighted by Crippen LogP contribution is -2.28. The van der Waals surface area contributed by atoms with Gasteiger partial charge in [0.2, 0.25) is 0 Å². The first-order chi connectivity index (χ1) is 13.1. The topological polar surface area (TPSA) is 74.1 Å². The highest BCUT2D eigenvalue weighted by Crippen LogP contribution is 2.11. The molecule has 2 aromatic carbocycles. The molecule has 2 N–H and O–H groups in total. The number of hydrogen-bond acceptors (Lipinski definition) is 4. The van der Waals surface area contributed by atoms with E-state index in [9.17, 15) is 9.18 Å². The van der Waals surface area contributed by atoms with E-state index >= 15 is 0 Å². The normalized spacial score (nSPS) is 10.8. The fourth-order valence-electron chi connectivity index (χ4n) is 2.44. The Morgan fingerprint density at radius 2 is 1.89 bits per heavy atom. The highest BCUT2D eigenvalue weighted by Gasteiger charge is 2.08. The Morgan fingerprint density at radius 3 is 2.56 bits per heavy atom. The van der Waals surface area contributed by atoms with Gasteiger partial charge in [-0.3, -0.25) is 4.79 Å². The highest BCUT2D eigenvalue weighted by atomic mass is 19.1. The van der Waals surface area contributed by atoms with Crippen molar-refractivity contribution in [3.8, 4) is 11.8 Å². The molecular formula is C21H22FN3O2. The van der Waals surface area contributed by atoms with Gasteiger partial charge in [-0.1, -0.05) is 30.3 Å². The van der Waals surface area contributed by atoms with Crippen molar-refractivity contribution in [3.63, 3.8) is 0 Å². The minimum absolute atomic E-state index is 0.0155. The number of nitrogens with one attached hydrogen (secondary N) is 2. The first-order valence-electron chi connectivity index (χ1n) is 8.62. The maximum Gasteiger partial charge on any atom is 0.263 e. The van der Waals surface area contributed by atoms with E-state index in [4.69, 9.17) is 10.00 Å². The summed E-state index contributed by atoms with van der Waals surface area (Å²) in [5, 5.41) is 14.7. The summed E-state index contributed by atoms with van der Waals surface area (Å²) in [5.41, 5.74) is 1.63. The lowest BCUT2D eigenvalue weighted by Gasteiger charge is -2.07. The van der Waals surface area contributed by atoms with Crippen LogP contribution in [0.5, 0.6) is 5.75 Å². The molecule has 140 valence electrons. The third-order valence-electron chi connectivity index (χ3n) is 3.97. The number of rotatable bonds is 9. The standard InChI is InChI=1S/C21H22FN3O2/c1-27-19-8-6-16(7-9-19)10-13-25-21(26)18(14-23)15-24-12-11-17-4-2-3-5-20(17)22/h2-9,15,24H,10-13H2,1H3,(H,25,26)/b18-15-. The Kier molecular flexibility index (Phi) is 7.86. The molecular weight excluding hydrogens is 345 g/mol. The van der Waals surface area contributed by atoms with E-state index in [-0.39, 0.29) is 11.4 Å². The van der Waals surface area contributed by atoms with Crippen LogP contribution in [0.3, 0.4) is 0 Å². The van der Waals surface area contributed by atoms with Crippen molar-refractivity contribution >= 4 is 5.91 Å². The number of amides is 1. The molecule has 0 atom stereocenters. The predicted molar refractivity (Wildman–Crippen MR) is 102 cm³/mol. The average molecular weight is 367 g/mol. The van der Waals surface area contributed by atoms with Gasteiger partial charge in [0.15, 0.2) is 0 Å². The third-order valence-corrected chi connectivity index (χ3v) is 3.97. The van der Waals surface area contributed by atoms with Gasteiger partial charge in [0, 0.05) is 19.3 Å². The van der Waals surface area contributed by atoms with Gasteiger partial charge in [-0.05, 0) is 42.2 Å². The lowest BCUT2D eigenvalue weighted by atomic mass is 10.1. The van der Waals surface area contributed by atoms with Crippen molar-refractivity contribution in [2.75, 3.05) is 20.2 Å². The van der Waals surface area contributed by atoms with Gasteiger partial charge in [0.05, 0.1) is 7.11 Å². The van der Waals surface area contributed by atoms with Gasteiger partial charge in [-0.2, -0.15) is 5.26 Å². The molecule has 2 rings (SSSR count). The van der Waals surface area contributed by atoms with E-state index in [1.165, 1.54) is 12.3 Å². The van der Waals surface area contributed by atoms with E-state index in [1.807, 2.05) is 30.3 Å². The molecule has 0 fully saturated rings. The summed E-state index contributed by atoms with van der Waals surface area (Å²) >= 11 is 0. The summed E-state index contributed by atoms with van der Waals surface area (Å²) < 4.78 is 18.6. The molecule has 0 saturated heterocycles. The van der Waals surface area contributed by atoms with Gasteiger partial charge in [0.25, 0.3) is 5.91 Å². The number of ether oxygens (including phenoxy) is 1. The molecule has 0 aliphatic carbocycles. The minimum Gasteiger partial charge on any atom is -0.497 e. The molecule has 2 aromatic rings. The Hall–Kier alpha value is -3.33. The maximum absolute atomic E-state index is 13.5. The predicted octanol–water partition coefficient (Wildman–Crippen LogP) is 2.73. The van der Waals surface area contributed by atoms with Crippen molar-refractivity contribution in [1.29, 1.82) is 5.26 Å². The molecule has 27 heavy (non-hydrogen) atoms. The van der Waals surface area contributed by atoms with Crippen molar-refractivity contribution in [2.24, 2.45) is 0 Å². The van der Waals surface area contributed by atoms with Crippen LogP contribution in [-0.2, 0) is 17.6 Å². The van der Waals surface area contributed by atoms with Gasteiger partial charge < -0.3 is 15.4 Å². The quantitative estimate of drug-likeness (QED) is 0.406. The van der Waals surface area contributed by atoms with Crippen LogP contribution in [0.25, 0.3) is 0 Å². The first kappa shape index (κ1) is 20.0. The second-order valence-electron chi connectivity index (χ2n) is 5.82. The van der Waals surface area contributed by atoms with Crippen LogP contribution in [0.15, 0.2) is 60.3 Å². The SMILES string of the molecule is COc1ccc(CCNC(=O)/C(C#N)=C\NCCc2ccccc2F)cc1. The summed E-state index contributed by atoms with van der Waals surface area (Å²) in [7, 11) is 1.61. The molecule has 0 spiro atoms. The number of nitrogens with zero attached hydrogens (tertiary/aromatic N) is 1. The van der Waals surface area contributed by atoms with Crippen LogP contribution in [0.1, 0.15) is 11.1 Å². The smallest absolute Gasteiger partial charge is 0.263 e. The van der Waals surface area contributed by atoms with Crippen molar-refractivity contribution in [2.45, 2.75) is 12.8 Å². The minimum atomic E-state index is -0.440. The van der Waals surface area contributed by atoms with E-state index in [1.54, 1.807) is 25.3 Å². The molecule has 0 saturated carbocycles. The Morgan fingerprint density at radius 1 is 1.15 bits per heavy atom. The summed E-state index contributed by atoms with van der Waals surface area (Å²) in [5.74, 6) is 0.0726. The zero-order valence-electron chi connectivity index (χ0n) is 15.2. The van der Waals surface area contributed by atoms with Gasteiger partial charge in [-0.25, -0.2) is 4.39 Å². The molecule has 0 unspecified atom stereocenters. The van der Waals surface area contributed by atoms with Crippen LogP contribution in [-0.4, -0.2) is 26.1 Å². The molecule has 0 radical (unpaired) electrons. The largest absolute Gasteiger partial charge is 0.497 e. The fraction of sp³-hybridized carbons (Fsp3) is 0.238. The van der Waals surface area contributed by atoms with Crippen molar-refractivity contribution < 1.29 is 13.9 Å². The Balaban J connectivity index is 1.76.